The molecule has 0 bridgehead atoms. The number of carbonyl (C=O) groups is 1. The molecular formula is C17H21N3O3S. The molecule has 0 aliphatic heterocycles. The van der Waals surface area contributed by atoms with Gasteiger partial charge in [-0.25, -0.2) is 13.2 Å². The normalized spacial score (nSPS) is 12.4. The van der Waals surface area contributed by atoms with Crippen LogP contribution >= 0.6 is 0 Å². The second-order valence-corrected chi connectivity index (χ2v) is 7.40. The fourth-order valence-electron chi connectivity index (χ4n) is 2.23. The quantitative estimate of drug-likeness (QED) is 0.804. The predicted octanol–water partition coefficient (Wildman–Crippen LogP) is 2.31. The summed E-state index contributed by atoms with van der Waals surface area (Å²) in [5.74, 6) is 0. The van der Waals surface area contributed by atoms with Crippen LogP contribution in [0.25, 0.3) is 0 Å². The molecule has 1 atom stereocenters. The Hall–Kier alpha value is -2.41. The third-order valence-electron chi connectivity index (χ3n) is 3.49. The summed E-state index contributed by atoms with van der Waals surface area (Å²) < 4.78 is 25.9. The molecule has 2 N–H and O–H groups in total. The molecule has 2 amide bonds. The van der Waals surface area contributed by atoms with E-state index in [1.54, 1.807) is 48.7 Å². The summed E-state index contributed by atoms with van der Waals surface area (Å²) in [6.07, 6.45) is 3.90. The smallest absolute Gasteiger partial charge is 0.314 e. The number of pyridine rings is 1. The average molecular weight is 347 g/mol. The van der Waals surface area contributed by atoms with Gasteiger partial charge in [0.1, 0.15) is 5.25 Å². The summed E-state index contributed by atoms with van der Waals surface area (Å²) in [4.78, 5) is 16.0. The lowest BCUT2D eigenvalue weighted by atomic mass is 10.2. The van der Waals surface area contributed by atoms with E-state index in [4.69, 9.17) is 0 Å². The van der Waals surface area contributed by atoms with E-state index in [1.165, 1.54) is 6.20 Å². The molecule has 0 spiro atoms. The summed E-state index contributed by atoms with van der Waals surface area (Å²) in [6.45, 7) is 2.45. The van der Waals surface area contributed by atoms with Gasteiger partial charge in [-0.1, -0.05) is 31.2 Å². The molecule has 0 aliphatic carbocycles. The highest BCUT2D eigenvalue weighted by molar-refractivity contribution is 7.91. The van der Waals surface area contributed by atoms with Crippen molar-refractivity contribution >= 4 is 15.9 Å². The summed E-state index contributed by atoms with van der Waals surface area (Å²) in [5, 5.41) is 4.40. The number of aromatic nitrogens is 1. The lowest BCUT2D eigenvalue weighted by molar-refractivity contribution is 0.241. The number of nitrogens with zero attached hydrogens (tertiary/aromatic N) is 1. The van der Waals surface area contributed by atoms with E-state index in [1.807, 2.05) is 6.92 Å². The molecule has 0 saturated heterocycles. The molecule has 0 saturated carbocycles. The zero-order valence-corrected chi connectivity index (χ0v) is 14.3. The van der Waals surface area contributed by atoms with Crippen LogP contribution in [0.5, 0.6) is 0 Å². The van der Waals surface area contributed by atoms with E-state index in [-0.39, 0.29) is 17.5 Å². The molecule has 1 aromatic carbocycles. The molecule has 7 heteroatoms. The molecular weight excluding hydrogens is 326 g/mol. The van der Waals surface area contributed by atoms with Crippen LogP contribution in [-0.2, 0) is 9.84 Å². The lowest BCUT2D eigenvalue weighted by Crippen LogP contribution is -2.39. The Labute approximate surface area is 142 Å². The maximum absolute atomic E-state index is 13.0. The summed E-state index contributed by atoms with van der Waals surface area (Å²) >= 11 is 0. The van der Waals surface area contributed by atoms with Crippen molar-refractivity contribution in [1.82, 2.24) is 15.6 Å². The highest BCUT2D eigenvalue weighted by Crippen LogP contribution is 2.27. The summed E-state index contributed by atoms with van der Waals surface area (Å²) in [7, 11) is -3.65. The van der Waals surface area contributed by atoms with Gasteiger partial charge in [0.05, 0.1) is 4.90 Å². The zero-order chi connectivity index (χ0) is 17.4. The average Bonchev–Trinajstić information content (AvgIpc) is 2.61. The number of nitrogens with one attached hydrogen (secondary N) is 2. The Balaban J connectivity index is 2.26. The largest absolute Gasteiger partial charge is 0.338 e. The first-order valence-electron chi connectivity index (χ1n) is 7.76. The molecule has 24 heavy (non-hydrogen) atoms. The Kier molecular flexibility index (Phi) is 6.31. The lowest BCUT2D eigenvalue weighted by Gasteiger charge is -2.19. The molecule has 2 aromatic rings. The number of carbonyl (C=O) groups excluding carboxylic acids is 1. The maximum Gasteiger partial charge on any atom is 0.314 e. The standard InChI is InChI=1S/C17H21N3O3S/c1-2-10-19-17(21)20-13-16(14-7-6-11-18-12-14)24(22,23)15-8-4-3-5-9-15/h3-9,11-12,16H,2,10,13H2,1H3,(H2,19,20,21)/t16-/m1/s1. The van der Waals surface area contributed by atoms with Gasteiger partial charge in [-0.3, -0.25) is 4.98 Å². The first-order valence-corrected chi connectivity index (χ1v) is 9.31. The Morgan fingerprint density at radius 1 is 1.12 bits per heavy atom. The second-order valence-electron chi connectivity index (χ2n) is 5.27. The van der Waals surface area contributed by atoms with E-state index >= 15 is 0 Å². The Morgan fingerprint density at radius 3 is 2.50 bits per heavy atom. The number of benzene rings is 1. The van der Waals surface area contributed by atoms with Crippen molar-refractivity contribution in [3.05, 3.63) is 60.4 Å². The van der Waals surface area contributed by atoms with Crippen molar-refractivity contribution in [3.63, 3.8) is 0 Å². The van der Waals surface area contributed by atoms with Gasteiger partial charge in [-0.15, -0.1) is 0 Å². The second kappa shape index (κ2) is 8.44. The van der Waals surface area contributed by atoms with Crippen LogP contribution < -0.4 is 10.6 Å². The van der Waals surface area contributed by atoms with E-state index < -0.39 is 15.1 Å². The first kappa shape index (κ1) is 17.9. The molecule has 0 unspecified atom stereocenters. The molecule has 1 aromatic heterocycles. The van der Waals surface area contributed by atoms with Crippen molar-refractivity contribution in [1.29, 1.82) is 0 Å². The molecule has 1 heterocycles. The number of sulfone groups is 1. The van der Waals surface area contributed by atoms with Crippen molar-refractivity contribution in [2.45, 2.75) is 23.5 Å². The maximum atomic E-state index is 13.0. The Morgan fingerprint density at radius 2 is 1.88 bits per heavy atom. The topological polar surface area (TPSA) is 88.2 Å². The van der Waals surface area contributed by atoms with Gasteiger partial charge in [0.15, 0.2) is 9.84 Å². The van der Waals surface area contributed by atoms with Crippen LogP contribution in [0, 0.1) is 0 Å². The van der Waals surface area contributed by atoms with Gasteiger partial charge >= 0.3 is 6.03 Å². The molecule has 0 radical (unpaired) electrons. The van der Waals surface area contributed by atoms with E-state index in [9.17, 15) is 13.2 Å². The highest BCUT2D eigenvalue weighted by atomic mass is 32.2. The fraction of sp³-hybridized carbons (Fsp3) is 0.294. The third kappa shape index (κ3) is 4.55. The third-order valence-corrected chi connectivity index (χ3v) is 5.60. The van der Waals surface area contributed by atoms with Crippen LogP contribution in [0.2, 0.25) is 0 Å². The van der Waals surface area contributed by atoms with Crippen LogP contribution in [0.15, 0.2) is 59.8 Å². The number of urea groups is 1. The molecule has 0 aliphatic rings. The number of hydrogen-bond donors (Lipinski definition) is 2. The number of hydrogen-bond acceptors (Lipinski definition) is 4. The van der Waals surface area contributed by atoms with Gasteiger partial charge in [0.25, 0.3) is 0 Å². The van der Waals surface area contributed by atoms with E-state index in [2.05, 4.69) is 15.6 Å². The fourth-order valence-corrected chi connectivity index (χ4v) is 3.90. The molecule has 128 valence electrons. The Bertz CT molecular complexity index is 749. The summed E-state index contributed by atoms with van der Waals surface area (Å²) in [5.41, 5.74) is 0.539. The van der Waals surface area contributed by atoms with Crippen LogP contribution in [0.4, 0.5) is 4.79 Å². The monoisotopic (exact) mass is 347 g/mol. The molecule has 2 rings (SSSR count). The minimum Gasteiger partial charge on any atom is -0.338 e. The van der Waals surface area contributed by atoms with Crippen molar-refractivity contribution < 1.29 is 13.2 Å². The predicted molar refractivity (Wildman–Crippen MR) is 92.3 cm³/mol. The van der Waals surface area contributed by atoms with Crippen LogP contribution in [0.1, 0.15) is 24.2 Å². The van der Waals surface area contributed by atoms with Crippen molar-refractivity contribution in [2.24, 2.45) is 0 Å². The first-order chi connectivity index (χ1) is 11.6. The summed E-state index contributed by atoms with van der Waals surface area (Å²) in [6, 6.07) is 11.2. The van der Waals surface area contributed by atoms with Crippen molar-refractivity contribution in [2.75, 3.05) is 13.1 Å². The van der Waals surface area contributed by atoms with Gasteiger partial charge in [0.2, 0.25) is 0 Å². The number of amides is 2. The van der Waals surface area contributed by atoms with Gasteiger partial charge in [0, 0.05) is 25.5 Å². The van der Waals surface area contributed by atoms with Crippen LogP contribution in [-0.4, -0.2) is 32.5 Å². The minimum atomic E-state index is -3.65. The molecule has 0 fully saturated rings. The highest BCUT2D eigenvalue weighted by Gasteiger charge is 2.29. The van der Waals surface area contributed by atoms with Crippen LogP contribution in [0.3, 0.4) is 0 Å². The van der Waals surface area contributed by atoms with Gasteiger partial charge in [-0.05, 0) is 30.2 Å². The van der Waals surface area contributed by atoms with E-state index in [0.717, 1.165) is 6.42 Å². The molecule has 6 nitrogen and oxygen atoms in total. The van der Waals surface area contributed by atoms with Crippen molar-refractivity contribution in [3.8, 4) is 0 Å². The van der Waals surface area contributed by atoms with Gasteiger partial charge in [-0.2, -0.15) is 0 Å². The zero-order valence-electron chi connectivity index (χ0n) is 13.5. The SMILES string of the molecule is CCCNC(=O)NC[C@H](c1cccnc1)S(=O)(=O)c1ccccc1. The van der Waals surface area contributed by atoms with E-state index in [0.29, 0.717) is 12.1 Å². The minimum absolute atomic E-state index is 0.0293. The van der Waals surface area contributed by atoms with Gasteiger partial charge < -0.3 is 10.6 Å². The number of rotatable bonds is 7.